The number of carbonyl (C=O) groups is 1. The Balaban J connectivity index is 2.34. The molecule has 0 amide bonds. The Kier molecular flexibility index (Phi) is 4.14. The van der Waals surface area contributed by atoms with Gasteiger partial charge in [0.15, 0.2) is 0 Å². The third-order valence-corrected chi connectivity index (χ3v) is 2.56. The van der Waals surface area contributed by atoms with Gasteiger partial charge in [-0.15, -0.1) is 0 Å². The summed E-state index contributed by atoms with van der Waals surface area (Å²) in [6.07, 6.45) is 4.74. The molecule has 1 fully saturated rings. The van der Waals surface area contributed by atoms with E-state index >= 15 is 0 Å². The summed E-state index contributed by atoms with van der Waals surface area (Å²) in [5, 5.41) is 8.73. The standard InChI is InChI=1S/C11H19NO2/c1-3-4-7-12(10-5-6-10)8-9(2)11(13)14/h10H,2-8H2,1H3,(H,13,14). The van der Waals surface area contributed by atoms with Crippen molar-refractivity contribution < 1.29 is 9.90 Å². The van der Waals surface area contributed by atoms with E-state index in [2.05, 4.69) is 18.4 Å². The molecule has 14 heavy (non-hydrogen) atoms. The van der Waals surface area contributed by atoms with Gasteiger partial charge >= 0.3 is 5.97 Å². The molecule has 0 aliphatic heterocycles. The van der Waals surface area contributed by atoms with E-state index in [-0.39, 0.29) is 0 Å². The fraction of sp³-hybridized carbons (Fsp3) is 0.727. The molecule has 0 bridgehead atoms. The highest BCUT2D eigenvalue weighted by atomic mass is 16.4. The molecule has 0 aromatic heterocycles. The summed E-state index contributed by atoms with van der Waals surface area (Å²) in [5.41, 5.74) is 0.313. The van der Waals surface area contributed by atoms with Crippen LogP contribution in [0.2, 0.25) is 0 Å². The van der Waals surface area contributed by atoms with Gasteiger partial charge in [0.25, 0.3) is 0 Å². The van der Waals surface area contributed by atoms with Gasteiger partial charge < -0.3 is 5.11 Å². The van der Waals surface area contributed by atoms with Gasteiger partial charge in [-0.3, -0.25) is 4.90 Å². The Hall–Kier alpha value is -0.830. The maximum absolute atomic E-state index is 10.6. The first-order valence-corrected chi connectivity index (χ1v) is 5.30. The van der Waals surface area contributed by atoms with Crippen molar-refractivity contribution in [2.24, 2.45) is 0 Å². The maximum atomic E-state index is 10.6. The van der Waals surface area contributed by atoms with Crippen LogP contribution in [0.15, 0.2) is 12.2 Å². The number of nitrogens with zero attached hydrogens (tertiary/aromatic N) is 1. The molecule has 0 saturated heterocycles. The summed E-state index contributed by atoms with van der Waals surface area (Å²) in [5.74, 6) is -0.868. The minimum absolute atomic E-state index is 0.313. The second-order valence-corrected chi connectivity index (χ2v) is 3.96. The zero-order valence-electron chi connectivity index (χ0n) is 8.83. The number of aliphatic carboxylic acids is 1. The summed E-state index contributed by atoms with van der Waals surface area (Å²) < 4.78 is 0. The molecule has 0 unspecified atom stereocenters. The molecule has 3 nitrogen and oxygen atoms in total. The Morgan fingerprint density at radius 1 is 1.57 bits per heavy atom. The maximum Gasteiger partial charge on any atom is 0.332 e. The average Bonchev–Trinajstić information content (AvgIpc) is 2.94. The van der Waals surface area contributed by atoms with Crippen molar-refractivity contribution in [3.63, 3.8) is 0 Å². The van der Waals surface area contributed by atoms with Crippen LogP contribution in [0.25, 0.3) is 0 Å². The van der Waals surface area contributed by atoms with E-state index < -0.39 is 5.97 Å². The van der Waals surface area contributed by atoms with Crippen LogP contribution in [0, 0.1) is 0 Å². The van der Waals surface area contributed by atoms with Crippen LogP contribution in [0.1, 0.15) is 32.6 Å². The number of hydrogen-bond acceptors (Lipinski definition) is 2. The van der Waals surface area contributed by atoms with Gasteiger partial charge in [0.2, 0.25) is 0 Å². The first-order chi connectivity index (χ1) is 6.65. The molecule has 0 aromatic carbocycles. The average molecular weight is 197 g/mol. The fourth-order valence-corrected chi connectivity index (χ4v) is 1.50. The van der Waals surface area contributed by atoms with Crippen LogP contribution in [0.4, 0.5) is 0 Å². The summed E-state index contributed by atoms with van der Waals surface area (Å²) in [6, 6.07) is 0.623. The fourth-order valence-electron chi connectivity index (χ4n) is 1.50. The lowest BCUT2D eigenvalue weighted by Gasteiger charge is -2.21. The summed E-state index contributed by atoms with van der Waals surface area (Å²) in [7, 11) is 0. The van der Waals surface area contributed by atoms with Crippen LogP contribution < -0.4 is 0 Å². The minimum atomic E-state index is -0.868. The van der Waals surface area contributed by atoms with Crippen molar-refractivity contribution in [2.45, 2.75) is 38.6 Å². The third-order valence-electron chi connectivity index (χ3n) is 2.56. The van der Waals surface area contributed by atoms with Crippen LogP contribution in [-0.4, -0.2) is 35.1 Å². The number of unbranched alkanes of at least 4 members (excludes halogenated alkanes) is 1. The van der Waals surface area contributed by atoms with Crippen LogP contribution in [-0.2, 0) is 4.79 Å². The van der Waals surface area contributed by atoms with Gasteiger partial charge in [0, 0.05) is 18.2 Å². The van der Waals surface area contributed by atoms with E-state index in [1.807, 2.05) is 0 Å². The van der Waals surface area contributed by atoms with Crippen molar-refractivity contribution in [3.8, 4) is 0 Å². The topological polar surface area (TPSA) is 40.5 Å². The molecule has 0 radical (unpaired) electrons. The van der Waals surface area contributed by atoms with E-state index in [4.69, 9.17) is 5.11 Å². The van der Waals surface area contributed by atoms with Crippen molar-refractivity contribution in [3.05, 3.63) is 12.2 Å². The predicted molar refractivity (Wildman–Crippen MR) is 56.3 cm³/mol. The summed E-state index contributed by atoms with van der Waals surface area (Å²) in [6.45, 7) is 7.26. The summed E-state index contributed by atoms with van der Waals surface area (Å²) >= 11 is 0. The predicted octanol–water partition coefficient (Wildman–Crippen LogP) is 1.89. The van der Waals surface area contributed by atoms with Crippen molar-refractivity contribution in [1.82, 2.24) is 4.90 Å². The quantitative estimate of drug-likeness (QED) is 0.634. The molecular formula is C11H19NO2. The van der Waals surface area contributed by atoms with Crippen LogP contribution in [0.5, 0.6) is 0 Å². The molecule has 0 aromatic rings. The highest BCUT2D eigenvalue weighted by molar-refractivity contribution is 5.86. The van der Waals surface area contributed by atoms with Gasteiger partial charge in [0.05, 0.1) is 0 Å². The first kappa shape index (κ1) is 11.2. The van der Waals surface area contributed by atoms with Gasteiger partial charge in [-0.2, -0.15) is 0 Å². The van der Waals surface area contributed by atoms with E-state index in [0.29, 0.717) is 18.2 Å². The van der Waals surface area contributed by atoms with E-state index in [9.17, 15) is 4.79 Å². The smallest absolute Gasteiger partial charge is 0.332 e. The molecule has 0 atom stereocenters. The van der Waals surface area contributed by atoms with E-state index in [1.54, 1.807) is 0 Å². The zero-order chi connectivity index (χ0) is 10.6. The number of carboxylic acid groups (broad SMARTS) is 1. The Morgan fingerprint density at radius 3 is 2.64 bits per heavy atom. The molecule has 1 saturated carbocycles. The number of rotatable bonds is 7. The molecular weight excluding hydrogens is 178 g/mol. The molecule has 1 aliphatic rings. The molecule has 1 N–H and O–H groups in total. The molecule has 80 valence electrons. The normalized spacial score (nSPS) is 15.9. The Labute approximate surface area is 85.4 Å². The van der Waals surface area contributed by atoms with E-state index in [0.717, 1.165) is 19.4 Å². The van der Waals surface area contributed by atoms with E-state index in [1.165, 1.54) is 12.8 Å². The number of hydrogen-bond donors (Lipinski definition) is 1. The third kappa shape index (κ3) is 3.50. The SMILES string of the molecule is C=C(CN(CCCC)C1CC1)C(=O)O. The Bertz CT molecular complexity index is 221. The molecule has 0 spiro atoms. The highest BCUT2D eigenvalue weighted by Gasteiger charge is 2.29. The molecule has 1 rings (SSSR count). The van der Waals surface area contributed by atoms with Crippen molar-refractivity contribution >= 4 is 5.97 Å². The minimum Gasteiger partial charge on any atom is -0.478 e. The van der Waals surface area contributed by atoms with Crippen molar-refractivity contribution in [1.29, 1.82) is 0 Å². The lowest BCUT2D eigenvalue weighted by atomic mass is 10.2. The van der Waals surface area contributed by atoms with Gasteiger partial charge in [-0.25, -0.2) is 4.79 Å². The lowest BCUT2D eigenvalue weighted by molar-refractivity contribution is -0.132. The molecule has 3 heteroatoms. The second-order valence-electron chi connectivity index (χ2n) is 3.96. The molecule has 1 aliphatic carbocycles. The summed E-state index contributed by atoms with van der Waals surface area (Å²) in [4.78, 5) is 12.9. The van der Waals surface area contributed by atoms with Gasteiger partial charge in [-0.05, 0) is 25.8 Å². The van der Waals surface area contributed by atoms with Crippen LogP contribution in [0.3, 0.4) is 0 Å². The van der Waals surface area contributed by atoms with Crippen LogP contribution >= 0.6 is 0 Å². The monoisotopic (exact) mass is 197 g/mol. The van der Waals surface area contributed by atoms with Gasteiger partial charge in [-0.1, -0.05) is 19.9 Å². The first-order valence-electron chi connectivity index (χ1n) is 5.30. The zero-order valence-corrected chi connectivity index (χ0v) is 8.83. The largest absolute Gasteiger partial charge is 0.478 e. The molecule has 0 heterocycles. The highest BCUT2D eigenvalue weighted by Crippen LogP contribution is 2.27. The Morgan fingerprint density at radius 2 is 2.21 bits per heavy atom. The van der Waals surface area contributed by atoms with Crippen molar-refractivity contribution in [2.75, 3.05) is 13.1 Å². The van der Waals surface area contributed by atoms with Gasteiger partial charge in [0.1, 0.15) is 0 Å². The number of carboxylic acids is 1. The lowest BCUT2D eigenvalue weighted by Crippen LogP contribution is -2.30. The second kappa shape index (κ2) is 5.15.